The van der Waals surface area contributed by atoms with Gasteiger partial charge in [-0.3, -0.25) is 0 Å². The summed E-state index contributed by atoms with van der Waals surface area (Å²) in [6.45, 7) is 10.2. The van der Waals surface area contributed by atoms with Crippen molar-refractivity contribution in [3.63, 3.8) is 0 Å². The zero-order chi connectivity index (χ0) is 27.4. The third kappa shape index (κ3) is 5.08. The van der Waals surface area contributed by atoms with Gasteiger partial charge in [0.1, 0.15) is 0 Å². The summed E-state index contributed by atoms with van der Waals surface area (Å²) in [6.07, 6.45) is 19.6. The summed E-state index contributed by atoms with van der Waals surface area (Å²) < 4.78 is 6.84. The van der Waals surface area contributed by atoms with Crippen LogP contribution in [0.3, 0.4) is 0 Å². The van der Waals surface area contributed by atoms with Crippen LogP contribution in [0, 0.1) is 52.3 Å². The smallest absolute Gasteiger partial charge is 0.315 e. The molecule has 1 heterocycles. The molecular formula is C34H58N2O3. The fourth-order valence-electron chi connectivity index (χ4n) is 11.6. The number of hydrogen-bond acceptors (Lipinski definition) is 3. The summed E-state index contributed by atoms with van der Waals surface area (Å²) in [5, 5.41) is 16.2. The molecule has 0 aromatic rings. The Kier molecular flexibility index (Phi) is 8.07. The molecule has 1 unspecified atom stereocenters. The lowest BCUT2D eigenvalue weighted by Crippen LogP contribution is -2.56. The summed E-state index contributed by atoms with van der Waals surface area (Å²) in [5.74, 6) is 5.02. The van der Waals surface area contributed by atoms with Gasteiger partial charge in [0.15, 0.2) is 0 Å². The molecule has 6 aliphatic rings. The van der Waals surface area contributed by atoms with Crippen molar-refractivity contribution < 1.29 is 14.6 Å². The number of fused-ring (bicyclic) bond motifs is 7. The third-order valence-corrected chi connectivity index (χ3v) is 13.8. The molecule has 39 heavy (non-hydrogen) atoms. The number of aliphatic hydroxyl groups is 1. The summed E-state index contributed by atoms with van der Waals surface area (Å²) >= 11 is 0. The van der Waals surface area contributed by atoms with Gasteiger partial charge in [-0.15, -0.1) is 0 Å². The van der Waals surface area contributed by atoms with Crippen molar-refractivity contribution in [2.75, 3.05) is 6.61 Å². The van der Waals surface area contributed by atoms with Crippen molar-refractivity contribution in [1.29, 1.82) is 0 Å². The van der Waals surface area contributed by atoms with Crippen LogP contribution >= 0.6 is 0 Å². The first-order chi connectivity index (χ1) is 18.7. The highest BCUT2D eigenvalue weighted by Crippen LogP contribution is 2.70. The van der Waals surface area contributed by atoms with Crippen molar-refractivity contribution in [2.24, 2.45) is 52.3 Å². The number of nitrogens with one attached hydrogen (secondary N) is 2. The zero-order valence-corrected chi connectivity index (χ0v) is 25.4. The predicted molar refractivity (Wildman–Crippen MR) is 156 cm³/mol. The van der Waals surface area contributed by atoms with Gasteiger partial charge in [-0.05, 0) is 129 Å². The van der Waals surface area contributed by atoms with Gasteiger partial charge in [0.25, 0.3) is 0 Å². The van der Waals surface area contributed by atoms with E-state index in [1.165, 1.54) is 64.2 Å². The Morgan fingerprint density at radius 2 is 1.67 bits per heavy atom. The van der Waals surface area contributed by atoms with Gasteiger partial charge in [0.2, 0.25) is 0 Å². The fourth-order valence-corrected chi connectivity index (χ4v) is 11.6. The minimum atomic E-state index is 0.0911. The number of hydrogen-bond donors (Lipinski definition) is 3. The van der Waals surface area contributed by atoms with Crippen molar-refractivity contribution >= 4 is 6.03 Å². The highest BCUT2D eigenvalue weighted by molar-refractivity contribution is 5.74. The Bertz CT molecular complexity index is 875. The largest absolute Gasteiger partial charge is 0.396 e. The molecule has 0 radical (unpaired) electrons. The molecule has 5 heteroatoms. The van der Waals surface area contributed by atoms with Crippen molar-refractivity contribution in [3.05, 3.63) is 0 Å². The summed E-state index contributed by atoms with van der Waals surface area (Å²) in [6, 6.07) is 0.826. The minimum absolute atomic E-state index is 0.0911. The Morgan fingerprint density at radius 3 is 2.44 bits per heavy atom. The fraction of sp³-hybridized carbons (Fsp3) is 0.971. The van der Waals surface area contributed by atoms with E-state index in [1.54, 1.807) is 0 Å². The number of carbonyl (C=O) groups is 1. The Morgan fingerprint density at radius 1 is 0.923 bits per heavy atom. The van der Waals surface area contributed by atoms with Gasteiger partial charge in [0.05, 0.1) is 12.2 Å². The van der Waals surface area contributed by atoms with E-state index in [-0.39, 0.29) is 6.03 Å². The standard InChI is InChI=1S/C34H58N2O3/c1-21(20-37)10-13-29-22(2)31-30(39-29)19-28-26-12-11-23-18-25(36-32(38)35-24-8-6-5-7-9-24)14-16-33(23,3)27(26)15-17-34(28,31)4/h21-31,37H,5-20H2,1-4H3,(H2,35,36,38)/t21-,22-,23-,25-,26-,27+,28+,29?,30+,31+,33+,34+/m1/s1. The topological polar surface area (TPSA) is 70.6 Å². The number of urea groups is 1. The molecule has 5 nitrogen and oxygen atoms in total. The second-order valence-corrected chi connectivity index (χ2v) is 15.8. The predicted octanol–water partition coefficient (Wildman–Crippen LogP) is 7.07. The normalized spacial score (nSPS) is 48.4. The first kappa shape index (κ1) is 28.3. The third-order valence-electron chi connectivity index (χ3n) is 13.8. The molecule has 5 aliphatic carbocycles. The highest BCUT2D eigenvalue weighted by Gasteiger charge is 2.65. The number of aliphatic hydroxyl groups excluding tert-OH is 1. The van der Waals surface area contributed by atoms with Crippen LogP contribution in [-0.2, 0) is 4.74 Å². The monoisotopic (exact) mass is 542 g/mol. The summed E-state index contributed by atoms with van der Waals surface area (Å²) in [5.41, 5.74) is 0.872. The van der Waals surface area contributed by atoms with Gasteiger partial charge < -0.3 is 20.5 Å². The SMILES string of the molecule is C[C@@H](CO)CCC1O[C@H]2C[C@H]3[C@@H]4CC[C@@H]5C[C@H](NC(=O)NC6CCCCC6)CC[C@]5(C)[C@H]4CC[C@]3(C)[C@H]2[C@@H]1C. The molecule has 2 amide bonds. The molecule has 1 aliphatic heterocycles. The molecule has 222 valence electrons. The van der Waals surface area contributed by atoms with Crippen molar-refractivity contribution in [1.82, 2.24) is 10.6 Å². The van der Waals surface area contributed by atoms with Gasteiger partial charge in [0, 0.05) is 18.7 Å². The van der Waals surface area contributed by atoms with E-state index in [0.29, 0.717) is 59.5 Å². The number of amides is 2. The summed E-state index contributed by atoms with van der Waals surface area (Å²) in [7, 11) is 0. The van der Waals surface area contributed by atoms with Crippen LogP contribution in [0.5, 0.6) is 0 Å². The minimum Gasteiger partial charge on any atom is -0.396 e. The Hall–Kier alpha value is -0.810. The van der Waals surface area contributed by atoms with Gasteiger partial charge in [-0.1, -0.05) is 47.0 Å². The van der Waals surface area contributed by atoms with Crippen LogP contribution in [0.25, 0.3) is 0 Å². The molecule has 0 aromatic carbocycles. The van der Waals surface area contributed by atoms with Crippen LogP contribution in [0.4, 0.5) is 4.79 Å². The van der Waals surface area contributed by atoms with E-state index in [4.69, 9.17) is 4.74 Å². The first-order valence-electron chi connectivity index (χ1n) is 17.1. The molecule has 5 saturated carbocycles. The first-order valence-corrected chi connectivity index (χ1v) is 17.1. The Balaban J connectivity index is 1.07. The highest BCUT2D eigenvalue weighted by atomic mass is 16.5. The maximum absolute atomic E-state index is 12.8. The van der Waals surface area contributed by atoms with Gasteiger partial charge >= 0.3 is 6.03 Å². The second-order valence-electron chi connectivity index (χ2n) is 15.8. The van der Waals surface area contributed by atoms with Crippen molar-refractivity contribution in [2.45, 2.75) is 148 Å². The van der Waals surface area contributed by atoms with E-state index in [2.05, 4.69) is 38.3 Å². The van der Waals surface area contributed by atoms with Gasteiger partial charge in [-0.25, -0.2) is 4.79 Å². The maximum atomic E-state index is 12.8. The average molecular weight is 543 g/mol. The van der Waals surface area contributed by atoms with E-state index < -0.39 is 0 Å². The molecule has 3 N–H and O–H groups in total. The second kappa shape index (κ2) is 11.1. The molecule has 6 rings (SSSR count). The Labute approximate surface area is 238 Å². The number of carbonyl (C=O) groups excluding carboxylic acids is 1. The van der Waals surface area contributed by atoms with Crippen LogP contribution in [0.1, 0.15) is 124 Å². The van der Waals surface area contributed by atoms with Crippen LogP contribution in [0.2, 0.25) is 0 Å². The lowest BCUT2D eigenvalue weighted by Gasteiger charge is -2.61. The van der Waals surface area contributed by atoms with E-state index in [1.807, 2.05) is 0 Å². The average Bonchev–Trinajstić information content (AvgIpc) is 3.40. The summed E-state index contributed by atoms with van der Waals surface area (Å²) in [4.78, 5) is 12.8. The molecule has 0 spiro atoms. The molecule has 0 bridgehead atoms. The molecule has 6 fully saturated rings. The van der Waals surface area contributed by atoms with E-state index in [0.717, 1.165) is 55.8 Å². The zero-order valence-electron chi connectivity index (χ0n) is 25.4. The van der Waals surface area contributed by atoms with Gasteiger partial charge in [-0.2, -0.15) is 0 Å². The molecular weight excluding hydrogens is 484 g/mol. The molecule has 1 saturated heterocycles. The lowest BCUT2D eigenvalue weighted by molar-refractivity contribution is -0.118. The molecule has 0 aromatic heterocycles. The quantitative estimate of drug-likeness (QED) is 0.336. The van der Waals surface area contributed by atoms with Crippen LogP contribution < -0.4 is 10.6 Å². The van der Waals surface area contributed by atoms with Crippen LogP contribution in [0.15, 0.2) is 0 Å². The lowest BCUT2D eigenvalue weighted by atomic mass is 9.44. The van der Waals surface area contributed by atoms with E-state index in [9.17, 15) is 9.90 Å². The number of ether oxygens (including phenoxy) is 1. The molecule has 12 atom stereocenters. The maximum Gasteiger partial charge on any atom is 0.315 e. The van der Waals surface area contributed by atoms with Crippen LogP contribution in [-0.4, -0.2) is 42.0 Å². The van der Waals surface area contributed by atoms with Crippen molar-refractivity contribution in [3.8, 4) is 0 Å². The number of rotatable bonds is 6. The van der Waals surface area contributed by atoms with E-state index >= 15 is 0 Å².